The number of carbonyl (C=O) groups excluding carboxylic acids is 1. The van der Waals surface area contributed by atoms with E-state index in [0.717, 1.165) is 16.8 Å². The Morgan fingerprint density at radius 1 is 0.727 bits per heavy atom. The molecule has 0 aliphatic carbocycles. The zero-order valence-corrected chi connectivity index (χ0v) is 17.7. The maximum atomic E-state index is 13.0. The molecule has 0 atom stereocenters. The van der Waals surface area contributed by atoms with Crippen LogP contribution in [0.3, 0.4) is 0 Å². The summed E-state index contributed by atoms with van der Waals surface area (Å²) in [5, 5.41) is 22.6. The van der Waals surface area contributed by atoms with Crippen LogP contribution in [0.15, 0.2) is 125 Å². The monoisotopic (exact) mass is 434 g/mol. The summed E-state index contributed by atoms with van der Waals surface area (Å²) in [6.45, 7) is 0. The largest absolute Gasteiger partial charge is 0.507 e. The van der Waals surface area contributed by atoms with Gasteiger partial charge in [0.15, 0.2) is 0 Å². The molecule has 0 aliphatic rings. The van der Waals surface area contributed by atoms with Crippen molar-refractivity contribution in [1.29, 1.82) is 0 Å². The molecule has 162 valence electrons. The van der Waals surface area contributed by atoms with E-state index in [-0.39, 0.29) is 11.7 Å². The van der Waals surface area contributed by atoms with E-state index in [4.69, 9.17) is 0 Å². The number of phenolic OH excluding ortho intramolecular Hbond substituents is 1. The van der Waals surface area contributed by atoms with E-state index in [9.17, 15) is 9.90 Å². The molecule has 2 N–H and O–H groups in total. The van der Waals surface area contributed by atoms with Crippen LogP contribution in [0.25, 0.3) is 0 Å². The van der Waals surface area contributed by atoms with Crippen LogP contribution in [0.5, 0.6) is 5.75 Å². The lowest BCUT2D eigenvalue weighted by molar-refractivity contribution is -0.121. The van der Waals surface area contributed by atoms with Gasteiger partial charge in [0.25, 0.3) is 5.91 Å². The van der Waals surface area contributed by atoms with Crippen LogP contribution < -0.4 is 5.43 Å². The zero-order valence-electron chi connectivity index (χ0n) is 17.7. The molecule has 0 aromatic heterocycles. The number of benzene rings is 4. The molecule has 4 aromatic rings. The van der Waals surface area contributed by atoms with Gasteiger partial charge in [-0.05, 0) is 41.5 Å². The van der Waals surface area contributed by atoms with Crippen molar-refractivity contribution in [2.75, 3.05) is 0 Å². The zero-order chi connectivity index (χ0) is 22.9. The molecule has 0 saturated carbocycles. The lowest BCUT2D eigenvalue weighted by Gasteiger charge is -2.16. The number of hydrazone groups is 1. The maximum absolute atomic E-state index is 13.0. The minimum absolute atomic E-state index is 0.0225. The summed E-state index contributed by atoms with van der Waals surface area (Å²) in [6, 6.07) is 33.2. The fourth-order valence-corrected chi connectivity index (χ4v) is 3.33. The molecule has 0 spiro atoms. The first kappa shape index (κ1) is 21.6. The number of amides is 1. The number of hydrogen-bond donors (Lipinski definition) is 2. The fourth-order valence-electron chi connectivity index (χ4n) is 3.33. The smallest absolute Gasteiger partial charge is 0.252 e. The SMILES string of the molecule is O=C(NN=Cc1cc(N=Nc2ccccc2)ccc1O)C(c1ccccc1)c1ccccc1. The minimum Gasteiger partial charge on any atom is -0.507 e. The standard InChI is InChI=1S/C27H22N4O2/c32-25-17-16-24(30-29-23-14-8-3-9-15-23)18-22(25)19-28-31-27(33)26(20-10-4-1-5-11-20)21-12-6-2-7-13-21/h1-19,26,32H,(H,31,33). The Labute approximate surface area is 192 Å². The van der Waals surface area contributed by atoms with Gasteiger partial charge in [-0.25, -0.2) is 5.43 Å². The van der Waals surface area contributed by atoms with Gasteiger partial charge in [-0.3, -0.25) is 4.79 Å². The molecule has 6 nitrogen and oxygen atoms in total. The Hall–Kier alpha value is -4.58. The summed E-state index contributed by atoms with van der Waals surface area (Å²) >= 11 is 0. The van der Waals surface area contributed by atoms with Gasteiger partial charge in [0, 0.05) is 5.56 Å². The Morgan fingerprint density at radius 2 is 1.27 bits per heavy atom. The molecule has 0 aliphatic heterocycles. The van der Waals surface area contributed by atoms with Crippen molar-refractivity contribution in [3.63, 3.8) is 0 Å². The lowest BCUT2D eigenvalue weighted by Crippen LogP contribution is -2.26. The number of carbonyl (C=O) groups is 1. The second-order valence-corrected chi connectivity index (χ2v) is 7.27. The van der Waals surface area contributed by atoms with Gasteiger partial charge in [0.2, 0.25) is 0 Å². The third-order valence-corrected chi connectivity index (χ3v) is 4.95. The first-order valence-corrected chi connectivity index (χ1v) is 10.4. The molecule has 0 bridgehead atoms. The number of nitrogens with zero attached hydrogens (tertiary/aromatic N) is 3. The van der Waals surface area contributed by atoms with Crippen LogP contribution in [0.4, 0.5) is 11.4 Å². The van der Waals surface area contributed by atoms with Gasteiger partial charge in [-0.1, -0.05) is 78.9 Å². The molecule has 0 unspecified atom stereocenters. The average Bonchev–Trinajstić information content (AvgIpc) is 2.86. The van der Waals surface area contributed by atoms with Crippen LogP contribution in [0.2, 0.25) is 0 Å². The number of nitrogens with one attached hydrogen (secondary N) is 1. The number of aromatic hydroxyl groups is 1. The molecule has 0 radical (unpaired) electrons. The van der Waals surface area contributed by atoms with Gasteiger partial charge in [-0.15, -0.1) is 0 Å². The van der Waals surface area contributed by atoms with E-state index in [0.29, 0.717) is 11.3 Å². The third-order valence-electron chi connectivity index (χ3n) is 4.95. The topological polar surface area (TPSA) is 86.4 Å². The number of rotatable bonds is 7. The highest BCUT2D eigenvalue weighted by molar-refractivity contribution is 5.89. The van der Waals surface area contributed by atoms with Gasteiger partial charge in [0.05, 0.1) is 23.5 Å². The summed E-state index contributed by atoms with van der Waals surface area (Å²) in [5.74, 6) is -0.762. The summed E-state index contributed by atoms with van der Waals surface area (Å²) in [6.07, 6.45) is 1.39. The third kappa shape index (κ3) is 5.77. The van der Waals surface area contributed by atoms with Gasteiger partial charge >= 0.3 is 0 Å². The van der Waals surface area contributed by atoms with Crippen molar-refractivity contribution in [2.24, 2.45) is 15.3 Å². The highest BCUT2D eigenvalue weighted by Gasteiger charge is 2.22. The lowest BCUT2D eigenvalue weighted by atomic mass is 9.91. The first-order valence-electron chi connectivity index (χ1n) is 10.4. The van der Waals surface area contributed by atoms with Crippen molar-refractivity contribution in [2.45, 2.75) is 5.92 Å². The van der Waals surface area contributed by atoms with Crippen molar-refractivity contribution < 1.29 is 9.90 Å². The summed E-state index contributed by atoms with van der Waals surface area (Å²) < 4.78 is 0. The second kappa shape index (κ2) is 10.6. The van der Waals surface area contributed by atoms with E-state index in [1.54, 1.807) is 12.1 Å². The molecular weight excluding hydrogens is 412 g/mol. The normalized spacial score (nSPS) is 11.3. The van der Waals surface area contributed by atoms with Gasteiger partial charge in [0.1, 0.15) is 5.75 Å². The molecule has 0 saturated heterocycles. The predicted octanol–water partition coefficient (Wildman–Crippen LogP) is 6.09. The highest BCUT2D eigenvalue weighted by Crippen LogP contribution is 2.26. The number of phenols is 1. The Kier molecular flexibility index (Phi) is 6.98. The Morgan fingerprint density at radius 3 is 1.88 bits per heavy atom. The summed E-state index contributed by atoms with van der Waals surface area (Å²) in [7, 11) is 0. The molecule has 4 rings (SSSR count). The number of hydrogen-bond acceptors (Lipinski definition) is 5. The van der Waals surface area contributed by atoms with Crippen LogP contribution in [-0.4, -0.2) is 17.2 Å². The van der Waals surface area contributed by atoms with E-state index >= 15 is 0 Å². The van der Waals surface area contributed by atoms with Gasteiger partial charge in [-0.2, -0.15) is 15.3 Å². The fraction of sp³-hybridized carbons (Fsp3) is 0.0370. The molecule has 1 amide bonds. The molecule has 0 heterocycles. The van der Waals surface area contributed by atoms with Crippen LogP contribution in [0.1, 0.15) is 22.6 Å². The summed E-state index contributed by atoms with van der Waals surface area (Å²) in [5.41, 5.74) is 6.01. The maximum Gasteiger partial charge on any atom is 0.252 e. The highest BCUT2D eigenvalue weighted by atomic mass is 16.3. The van der Waals surface area contributed by atoms with Crippen LogP contribution in [0, 0.1) is 0 Å². The molecular formula is C27H22N4O2. The summed E-state index contributed by atoms with van der Waals surface area (Å²) in [4.78, 5) is 13.0. The van der Waals surface area contributed by atoms with Crippen molar-refractivity contribution in [1.82, 2.24) is 5.43 Å². The van der Waals surface area contributed by atoms with Crippen molar-refractivity contribution in [3.05, 3.63) is 126 Å². The van der Waals surface area contributed by atoms with Crippen molar-refractivity contribution in [3.8, 4) is 5.75 Å². The van der Waals surface area contributed by atoms with Crippen LogP contribution >= 0.6 is 0 Å². The minimum atomic E-state index is -0.510. The van der Waals surface area contributed by atoms with E-state index in [1.165, 1.54) is 12.3 Å². The first-order chi connectivity index (χ1) is 16.2. The van der Waals surface area contributed by atoms with Crippen LogP contribution in [-0.2, 0) is 4.79 Å². The molecule has 4 aromatic carbocycles. The van der Waals surface area contributed by atoms with Gasteiger partial charge < -0.3 is 5.11 Å². The van der Waals surface area contributed by atoms with E-state index in [2.05, 4.69) is 20.8 Å². The predicted molar refractivity (Wildman–Crippen MR) is 129 cm³/mol. The Balaban J connectivity index is 1.50. The Bertz CT molecular complexity index is 1220. The van der Waals surface area contributed by atoms with Crippen molar-refractivity contribution >= 4 is 23.5 Å². The second-order valence-electron chi connectivity index (χ2n) is 7.27. The average molecular weight is 434 g/mol. The van der Waals surface area contributed by atoms with E-state index < -0.39 is 5.92 Å². The molecule has 33 heavy (non-hydrogen) atoms. The van der Waals surface area contributed by atoms with E-state index in [1.807, 2.05) is 91.0 Å². The number of azo groups is 1. The molecule has 0 fully saturated rings. The quantitative estimate of drug-likeness (QED) is 0.209. The molecule has 6 heteroatoms.